The van der Waals surface area contributed by atoms with Crippen LogP contribution in [0.5, 0.6) is 0 Å². The number of rotatable bonds is 6. The second-order valence-corrected chi connectivity index (χ2v) is 7.45. The first-order chi connectivity index (χ1) is 12.1. The molecule has 3 rings (SSSR count). The monoisotopic (exact) mass is 337 g/mol. The Labute approximate surface area is 152 Å². The molecule has 2 aromatic carbocycles. The lowest BCUT2D eigenvalue weighted by molar-refractivity contribution is 0.00930. The molecule has 1 unspecified atom stereocenters. The number of hydrogen-bond acceptors (Lipinski definition) is 2. The summed E-state index contributed by atoms with van der Waals surface area (Å²) in [5.41, 5.74) is 6.60. The van der Waals surface area contributed by atoms with E-state index in [-0.39, 0.29) is 6.10 Å². The zero-order valence-corrected chi connectivity index (χ0v) is 15.9. The zero-order valence-electron chi connectivity index (χ0n) is 15.9. The molecular formula is C23H31NO. The van der Waals surface area contributed by atoms with Crippen molar-refractivity contribution in [3.05, 3.63) is 70.3 Å². The molecule has 0 N–H and O–H groups in total. The minimum Gasteiger partial charge on any atom is -0.367 e. The summed E-state index contributed by atoms with van der Waals surface area (Å²) >= 11 is 0. The molecule has 0 aliphatic carbocycles. The van der Waals surface area contributed by atoms with Gasteiger partial charge in [0.15, 0.2) is 0 Å². The first-order valence-corrected chi connectivity index (χ1v) is 9.59. The van der Waals surface area contributed by atoms with Crippen molar-refractivity contribution >= 4 is 0 Å². The van der Waals surface area contributed by atoms with E-state index >= 15 is 0 Å². The Bertz CT molecular complexity index is 651. The van der Waals surface area contributed by atoms with Gasteiger partial charge < -0.3 is 9.64 Å². The van der Waals surface area contributed by atoms with Crippen molar-refractivity contribution in [2.45, 2.75) is 52.7 Å². The van der Waals surface area contributed by atoms with Gasteiger partial charge in [0.2, 0.25) is 0 Å². The number of piperidine rings is 1. The van der Waals surface area contributed by atoms with Crippen LogP contribution < -0.4 is 0 Å². The van der Waals surface area contributed by atoms with E-state index in [2.05, 4.69) is 68.1 Å². The normalized spacial score (nSPS) is 16.8. The first-order valence-electron chi connectivity index (χ1n) is 9.59. The summed E-state index contributed by atoms with van der Waals surface area (Å²) in [6.07, 6.45) is 4.14. The summed E-state index contributed by atoms with van der Waals surface area (Å²) < 4.78 is 6.48. The third kappa shape index (κ3) is 4.93. The van der Waals surface area contributed by atoms with Crippen LogP contribution in [0.2, 0.25) is 0 Å². The minimum atomic E-state index is 0.139. The van der Waals surface area contributed by atoms with Crippen LogP contribution in [0.4, 0.5) is 0 Å². The van der Waals surface area contributed by atoms with Gasteiger partial charge in [-0.2, -0.15) is 0 Å². The molecule has 134 valence electrons. The summed E-state index contributed by atoms with van der Waals surface area (Å²) in [6, 6.07) is 15.2. The van der Waals surface area contributed by atoms with E-state index in [1.54, 1.807) is 0 Å². The third-order valence-corrected chi connectivity index (χ3v) is 5.31. The Hall–Kier alpha value is -1.64. The molecule has 0 spiro atoms. The minimum absolute atomic E-state index is 0.139. The number of hydrogen-bond donors (Lipinski definition) is 0. The maximum absolute atomic E-state index is 6.48. The molecule has 1 fully saturated rings. The maximum Gasteiger partial charge on any atom is 0.0961 e. The lowest BCUT2D eigenvalue weighted by Gasteiger charge is -2.32. The molecule has 1 saturated heterocycles. The highest BCUT2D eigenvalue weighted by molar-refractivity contribution is 5.35. The Kier molecular flexibility index (Phi) is 6.28. The highest BCUT2D eigenvalue weighted by Gasteiger charge is 2.21. The number of ether oxygens (including phenoxy) is 1. The number of benzene rings is 2. The first kappa shape index (κ1) is 18.2. The smallest absolute Gasteiger partial charge is 0.0961 e. The highest BCUT2D eigenvalue weighted by Crippen LogP contribution is 2.28. The van der Waals surface area contributed by atoms with E-state index in [9.17, 15) is 0 Å². The van der Waals surface area contributed by atoms with Crippen LogP contribution in [-0.4, -0.2) is 24.5 Å². The van der Waals surface area contributed by atoms with Gasteiger partial charge in [-0.15, -0.1) is 0 Å². The summed E-state index contributed by atoms with van der Waals surface area (Å²) in [5.74, 6) is 0. The van der Waals surface area contributed by atoms with Crippen LogP contribution in [0.25, 0.3) is 0 Å². The average molecular weight is 338 g/mol. The van der Waals surface area contributed by atoms with Gasteiger partial charge in [-0.3, -0.25) is 0 Å². The standard InChI is InChI=1S/C23H31NO/c1-18-10-12-21(13-11-18)17-25-22(16-24-14-5-4-6-15-24)23-19(2)8-7-9-20(23)3/h7-13,22H,4-6,14-17H2,1-3H3. The van der Waals surface area contributed by atoms with Crippen molar-refractivity contribution in [2.24, 2.45) is 0 Å². The SMILES string of the molecule is Cc1ccc(COC(CN2CCCCC2)c2c(C)cccc2C)cc1. The summed E-state index contributed by atoms with van der Waals surface area (Å²) in [7, 11) is 0. The topological polar surface area (TPSA) is 12.5 Å². The van der Waals surface area contributed by atoms with Crippen LogP contribution in [0.3, 0.4) is 0 Å². The molecule has 0 amide bonds. The fourth-order valence-corrected chi connectivity index (χ4v) is 3.82. The Morgan fingerprint density at radius 1 is 0.880 bits per heavy atom. The third-order valence-electron chi connectivity index (χ3n) is 5.31. The molecular weight excluding hydrogens is 306 g/mol. The average Bonchev–Trinajstić information content (AvgIpc) is 2.61. The van der Waals surface area contributed by atoms with Crippen molar-refractivity contribution < 1.29 is 4.74 Å². The molecule has 0 aromatic heterocycles. The van der Waals surface area contributed by atoms with E-state index in [1.807, 2.05) is 0 Å². The Morgan fingerprint density at radius 3 is 2.16 bits per heavy atom. The van der Waals surface area contributed by atoms with E-state index in [4.69, 9.17) is 4.74 Å². The summed E-state index contributed by atoms with van der Waals surface area (Å²) in [5, 5.41) is 0. The van der Waals surface area contributed by atoms with E-state index < -0.39 is 0 Å². The second-order valence-electron chi connectivity index (χ2n) is 7.45. The van der Waals surface area contributed by atoms with Gasteiger partial charge in [-0.05, 0) is 69.0 Å². The predicted molar refractivity (Wildman–Crippen MR) is 105 cm³/mol. The van der Waals surface area contributed by atoms with Crippen LogP contribution in [0, 0.1) is 20.8 Å². The number of nitrogens with zero attached hydrogens (tertiary/aromatic N) is 1. The van der Waals surface area contributed by atoms with Gasteiger partial charge >= 0.3 is 0 Å². The molecule has 2 heteroatoms. The lowest BCUT2D eigenvalue weighted by atomic mass is 9.97. The van der Waals surface area contributed by atoms with Crippen LogP contribution >= 0.6 is 0 Å². The van der Waals surface area contributed by atoms with Crippen molar-refractivity contribution in [3.8, 4) is 0 Å². The maximum atomic E-state index is 6.48. The van der Waals surface area contributed by atoms with Crippen molar-refractivity contribution in [2.75, 3.05) is 19.6 Å². The summed E-state index contributed by atoms with van der Waals surface area (Å²) in [4.78, 5) is 2.58. The van der Waals surface area contributed by atoms with E-state index in [0.29, 0.717) is 6.61 Å². The molecule has 1 aliphatic heterocycles. The molecule has 0 bridgehead atoms. The quantitative estimate of drug-likeness (QED) is 0.704. The molecule has 2 nitrogen and oxygen atoms in total. The largest absolute Gasteiger partial charge is 0.367 e. The van der Waals surface area contributed by atoms with Crippen molar-refractivity contribution in [3.63, 3.8) is 0 Å². The van der Waals surface area contributed by atoms with Crippen molar-refractivity contribution in [1.82, 2.24) is 4.90 Å². The molecule has 0 saturated carbocycles. The lowest BCUT2D eigenvalue weighted by Crippen LogP contribution is -2.34. The van der Waals surface area contributed by atoms with Gasteiger partial charge in [0, 0.05) is 6.54 Å². The van der Waals surface area contributed by atoms with Gasteiger partial charge in [0.05, 0.1) is 12.7 Å². The number of likely N-dealkylation sites (tertiary alicyclic amines) is 1. The van der Waals surface area contributed by atoms with Crippen LogP contribution in [0.15, 0.2) is 42.5 Å². The highest BCUT2D eigenvalue weighted by atomic mass is 16.5. The zero-order chi connectivity index (χ0) is 17.6. The second kappa shape index (κ2) is 8.64. The fraction of sp³-hybridized carbons (Fsp3) is 0.478. The van der Waals surface area contributed by atoms with Gasteiger partial charge in [0.1, 0.15) is 0 Å². The van der Waals surface area contributed by atoms with E-state index in [0.717, 1.165) is 6.54 Å². The predicted octanol–water partition coefficient (Wildman–Crippen LogP) is 5.36. The van der Waals surface area contributed by atoms with Crippen LogP contribution in [0.1, 0.15) is 53.2 Å². The number of aryl methyl sites for hydroxylation is 3. The Morgan fingerprint density at radius 2 is 1.52 bits per heavy atom. The molecule has 1 atom stereocenters. The molecule has 1 heterocycles. The fourth-order valence-electron chi connectivity index (χ4n) is 3.82. The van der Waals surface area contributed by atoms with Gasteiger partial charge in [0.25, 0.3) is 0 Å². The van der Waals surface area contributed by atoms with E-state index in [1.165, 1.54) is 60.2 Å². The molecule has 0 radical (unpaired) electrons. The van der Waals surface area contributed by atoms with Gasteiger partial charge in [-0.1, -0.05) is 54.4 Å². The van der Waals surface area contributed by atoms with Crippen LogP contribution in [-0.2, 0) is 11.3 Å². The van der Waals surface area contributed by atoms with Gasteiger partial charge in [-0.25, -0.2) is 0 Å². The molecule has 25 heavy (non-hydrogen) atoms. The molecule has 1 aliphatic rings. The summed E-state index contributed by atoms with van der Waals surface area (Å²) in [6.45, 7) is 10.6. The Balaban J connectivity index is 1.76. The van der Waals surface area contributed by atoms with Crippen molar-refractivity contribution in [1.29, 1.82) is 0 Å². The molecule has 2 aromatic rings.